The van der Waals surface area contributed by atoms with E-state index < -0.39 is 10.0 Å². The zero-order valence-electron chi connectivity index (χ0n) is 10.1. The molecule has 2 rings (SSSR count). The Morgan fingerprint density at radius 3 is 2.28 bits per heavy atom. The SMILES string of the molecule is O=S(=O)(NN1CCCCC1)c1ccc(CBr)cc1. The molecule has 0 saturated carbocycles. The predicted molar refractivity (Wildman–Crippen MR) is 74.8 cm³/mol. The molecule has 1 aliphatic rings. The van der Waals surface area contributed by atoms with Crippen LogP contribution in [0.15, 0.2) is 29.2 Å². The topological polar surface area (TPSA) is 49.4 Å². The fourth-order valence-corrected chi connectivity index (χ4v) is 3.46. The van der Waals surface area contributed by atoms with Gasteiger partial charge in [0.15, 0.2) is 0 Å². The molecule has 1 fully saturated rings. The van der Waals surface area contributed by atoms with Crippen LogP contribution >= 0.6 is 15.9 Å². The average molecular weight is 333 g/mol. The first-order valence-corrected chi connectivity index (χ1v) is 8.64. The summed E-state index contributed by atoms with van der Waals surface area (Å²) in [4.78, 5) is 2.96. The van der Waals surface area contributed by atoms with Crippen molar-refractivity contribution in [3.63, 3.8) is 0 Å². The molecule has 0 amide bonds. The molecule has 100 valence electrons. The van der Waals surface area contributed by atoms with Gasteiger partial charge in [0.05, 0.1) is 4.90 Å². The third-order valence-electron chi connectivity index (χ3n) is 2.99. The van der Waals surface area contributed by atoms with Crippen LogP contribution in [0, 0.1) is 0 Å². The van der Waals surface area contributed by atoms with Gasteiger partial charge in [-0.15, -0.1) is 4.83 Å². The molecule has 1 aliphatic heterocycles. The second kappa shape index (κ2) is 6.14. The number of nitrogens with zero attached hydrogens (tertiary/aromatic N) is 1. The molecule has 0 aliphatic carbocycles. The molecular formula is C12H17BrN2O2S. The van der Waals surface area contributed by atoms with Crippen LogP contribution in [0.2, 0.25) is 0 Å². The Balaban J connectivity index is 2.08. The number of hydrazine groups is 1. The van der Waals surface area contributed by atoms with Crippen LogP contribution in [-0.2, 0) is 15.4 Å². The number of benzene rings is 1. The highest BCUT2D eigenvalue weighted by molar-refractivity contribution is 9.08. The highest BCUT2D eigenvalue weighted by Gasteiger charge is 2.19. The summed E-state index contributed by atoms with van der Waals surface area (Å²) in [7, 11) is -3.42. The second-order valence-corrected chi connectivity index (χ2v) is 6.64. The van der Waals surface area contributed by atoms with E-state index in [0.717, 1.165) is 36.8 Å². The first-order valence-electron chi connectivity index (χ1n) is 6.04. The zero-order chi connectivity index (χ0) is 13.0. The van der Waals surface area contributed by atoms with Gasteiger partial charge in [-0.3, -0.25) is 0 Å². The average Bonchev–Trinajstić information content (AvgIpc) is 2.39. The lowest BCUT2D eigenvalue weighted by Gasteiger charge is -2.26. The third kappa shape index (κ3) is 3.54. The van der Waals surface area contributed by atoms with Gasteiger partial charge in [0.2, 0.25) is 0 Å². The van der Waals surface area contributed by atoms with Crippen LogP contribution in [0.5, 0.6) is 0 Å². The van der Waals surface area contributed by atoms with Gasteiger partial charge in [0.25, 0.3) is 10.0 Å². The van der Waals surface area contributed by atoms with Crippen molar-refractivity contribution in [3.05, 3.63) is 29.8 Å². The molecule has 1 aromatic rings. The van der Waals surface area contributed by atoms with E-state index in [1.807, 2.05) is 12.1 Å². The Morgan fingerprint density at radius 1 is 1.11 bits per heavy atom. The van der Waals surface area contributed by atoms with E-state index in [0.29, 0.717) is 4.90 Å². The van der Waals surface area contributed by atoms with Gasteiger partial charge in [0, 0.05) is 18.4 Å². The number of sulfonamides is 1. The number of nitrogens with one attached hydrogen (secondary N) is 1. The van der Waals surface area contributed by atoms with E-state index in [1.54, 1.807) is 17.1 Å². The summed E-state index contributed by atoms with van der Waals surface area (Å²) in [6.45, 7) is 1.58. The molecule has 1 N–H and O–H groups in total. The van der Waals surface area contributed by atoms with Gasteiger partial charge in [-0.1, -0.05) is 34.5 Å². The lowest BCUT2D eigenvalue weighted by Crippen LogP contribution is -2.44. The van der Waals surface area contributed by atoms with Crippen molar-refractivity contribution in [2.45, 2.75) is 29.5 Å². The number of rotatable bonds is 4. The van der Waals surface area contributed by atoms with Crippen molar-refractivity contribution in [2.24, 2.45) is 0 Å². The molecule has 0 radical (unpaired) electrons. The van der Waals surface area contributed by atoms with Gasteiger partial charge in [-0.25, -0.2) is 13.4 Å². The Labute approximate surface area is 117 Å². The van der Waals surface area contributed by atoms with Crippen molar-refractivity contribution < 1.29 is 8.42 Å². The molecule has 0 atom stereocenters. The normalized spacial score (nSPS) is 17.8. The van der Waals surface area contributed by atoms with E-state index in [2.05, 4.69) is 20.8 Å². The summed E-state index contributed by atoms with van der Waals surface area (Å²) in [5.74, 6) is 0. The van der Waals surface area contributed by atoms with Gasteiger partial charge in [-0.2, -0.15) is 0 Å². The van der Waals surface area contributed by atoms with E-state index >= 15 is 0 Å². The minimum Gasteiger partial charge on any atom is -0.230 e. The van der Waals surface area contributed by atoms with Gasteiger partial charge in [-0.05, 0) is 30.5 Å². The van der Waals surface area contributed by atoms with Crippen LogP contribution in [-0.4, -0.2) is 26.5 Å². The van der Waals surface area contributed by atoms with Crippen molar-refractivity contribution in [2.75, 3.05) is 13.1 Å². The largest absolute Gasteiger partial charge is 0.253 e. The Kier molecular flexibility index (Phi) is 4.77. The summed E-state index contributed by atoms with van der Waals surface area (Å²) in [6.07, 6.45) is 3.27. The van der Waals surface area contributed by atoms with Crippen molar-refractivity contribution in [1.29, 1.82) is 0 Å². The first-order chi connectivity index (χ1) is 8.62. The summed E-state index contributed by atoms with van der Waals surface area (Å²) >= 11 is 3.34. The van der Waals surface area contributed by atoms with E-state index in [1.165, 1.54) is 6.42 Å². The highest BCUT2D eigenvalue weighted by atomic mass is 79.9. The summed E-state index contributed by atoms with van der Waals surface area (Å²) in [6, 6.07) is 6.92. The maximum Gasteiger partial charge on any atom is 0.253 e. The van der Waals surface area contributed by atoms with Crippen LogP contribution in [0.25, 0.3) is 0 Å². The third-order valence-corrected chi connectivity index (χ3v) is 5.03. The van der Waals surface area contributed by atoms with Gasteiger partial charge < -0.3 is 0 Å². The molecule has 4 nitrogen and oxygen atoms in total. The van der Waals surface area contributed by atoms with E-state index in [9.17, 15) is 8.42 Å². The van der Waals surface area contributed by atoms with Crippen LogP contribution < -0.4 is 4.83 Å². The zero-order valence-corrected chi connectivity index (χ0v) is 12.5. The molecule has 0 bridgehead atoms. The van der Waals surface area contributed by atoms with Crippen molar-refractivity contribution in [3.8, 4) is 0 Å². The molecule has 6 heteroatoms. The quantitative estimate of drug-likeness (QED) is 0.860. The lowest BCUT2D eigenvalue weighted by atomic mass is 10.2. The number of piperidine rings is 1. The maximum atomic E-state index is 12.1. The maximum absolute atomic E-state index is 12.1. The molecule has 0 unspecified atom stereocenters. The van der Waals surface area contributed by atoms with Crippen molar-refractivity contribution in [1.82, 2.24) is 9.84 Å². The fourth-order valence-electron chi connectivity index (χ4n) is 1.97. The second-order valence-electron chi connectivity index (χ2n) is 4.42. The Bertz CT molecular complexity index is 481. The minimum atomic E-state index is -3.42. The first kappa shape index (κ1) is 14.0. The summed E-state index contributed by atoms with van der Waals surface area (Å²) in [5, 5.41) is 2.52. The number of hydrogen-bond donors (Lipinski definition) is 1. The predicted octanol–water partition coefficient (Wildman–Crippen LogP) is 2.26. The van der Waals surface area contributed by atoms with Gasteiger partial charge in [0.1, 0.15) is 0 Å². The number of alkyl halides is 1. The summed E-state index contributed by atoms with van der Waals surface area (Å²) < 4.78 is 24.3. The Morgan fingerprint density at radius 2 is 1.72 bits per heavy atom. The highest BCUT2D eigenvalue weighted by Crippen LogP contribution is 2.14. The molecule has 0 spiro atoms. The molecule has 0 aromatic heterocycles. The van der Waals surface area contributed by atoms with E-state index in [-0.39, 0.29) is 0 Å². The van der Waals surface area contributed by atoms with Crippen LogP contribution in [0.3, 0.4) is 0 Å². The Hall–Kier alpha value is -0.430. The molecular weight excluding hydrogens is 316 g/mol. The minimum absolute atomic E-state index is 0.317. The van der Waals surface area contributed by atoms with Gasteiger partial charge >= 0.3 is 0 Å². The van der Waals surface area contributed by atoms with Crippen LogP contribution in [0.4, 0.5) is 0 Å². The summed E-state index contributed by atoms with van der Waals surface area (Å²) in [5.41, 5.74) is 1.06. The molecule has 1 saturated heterocycles. The standard InChI is InChI=1S/C12H17BrN2O2S/c13-10-11-4-6-12(7-5-11)18(16,17)14-15-8-2-1-3-9-15/h4-7,14H,1-3,8-10H2. The molecule has 1 heterocycles. The number of halogens is 1. The lowest BCUT2D eigenvalue weighted by molar-refractivity contribution is 0.200. The fraction of sp³-hybridized carbons (Fsp3) is 0.500. The van der Waals surface area contributed by atoms with Crippen LogP contribution in [0.1, 0.15) is 24.8 Å². The molecule has 1 aromatic carbocycles. The smallest absolute Gasteiger partial charge is 0.230 e. The molecule has 18 heavy (non-hydrogen) atoms. The number of hydrogen-bond acceptors (Lipinski definition) is 3. The van der Waals surface area contributed by atoms with Crippen molar-refractivity contribution >= 4 is 26.0 Å². The van der Waals surface area contributed by atoms with E-state index in [4.69, 9.17) is 0 Å². The monoisotopic (exact) mass is 332 g/mol.